The molecule has 1 aliphatic heterocycles. The molecule has 2 aromatic carbocycles. The van der Waals surface area contributed by atoms with Crippen LogP contribution >= 0.6 is 0 Å². The van der Waals surface area contributed by atoms with Gasteiger partial charge < -0.3 is 23.7 Å². The van der Waals surface area contributed by atoms with E-state index in [0.717, 1.165) is 5.56 Å². The second-order valence-electron chi connectivity index (χ2n) is 5.67. The third-order valence-electron chi connectivity index (χ3n) is 4.15. The molecule has 0 bridgehead atoms. The maximum absolute atomic E-state index is 12.3. The van der Waals surface area contributed by atoms with E-state index in [1.165, 1.54) is 0 Å². The van der Waals surface area contributed by atoms with E-state index in [1.54, 1.807) is 70.9 Å². The molecule has 0 amide bonds. The van der Waals surface area contributed by atoms with E-state index >= 15 is 0 Å². The fourth-order valence-electron chi connectivity index (χ4n) is 2.73. The zero-order valence-corrected chi connectivity index (χ0v) is 15.6. The summed E-state index contributed by atoms with van der Waals surface area (Å²) < 4.78 is 26.6. The van der Waals surface area contributed by atoms with E-state index in [0.29, 0.717) is 39.9 Å². The molecule has 6 heteroatoms. The normalized spacial score (nSPS) is 14.6. The lowest BCUT2D eigenvalue weighted by molar-refractivity contribution is -0.130. The Morgan fingerprint density at radius 2 is 1.44 bits per heavy atom. The summed E-state index contributed by atoms with van der Waals surface area (Å²) in [5.41, 5.74) is 1.81. The predicted molar refractivity (Wildman–Crippen MR) is 101 cm³/mol. The minimum Gasteiger partial charge on any atom is -0.497 e. The maximum atomic E-state index is 12.3. The maximum Gasteiger partial charge on any atom is 0.343 e. The highest BCUT2D eigenvalue weighted by atomic mass is 16.5. The van der Waals surface area contributed by atoms with E-state index < -0.39 is 5.97 Å². The first-order valence-electron chi connectivity index (χ1n) is 8.19. The number of rotatable bonds is 6. The molecule has 0 aromatic heterocycles. The first kappa shape index (κ1) is 18.4. The Morgan fingerprint density at radius 3 is 2.07 bits per heavy atom. The van der Waals surface area contributed by atoms with Crippen LogP contribution in [0.4, 0.5) is 0 Å². The molecule has 140 valence electrons. The number of benzene rings is 2. The first-order valence-corrected chi connectivity index (χ1v) is 8.19. The van der Waals surface area contributed by atoms with Gasteiger partial charge in [0.2, 0.25) is 0 Å². The lowest BCUT2D eigenvalue weighted by Gasteiger charge is -2.10. The molecule has 0 radical (unpaired) electrons. The fourth-order valence-corrected chi connectivity index (χ4v) is 2.73. The third-order valence-corrected chi connectivity index (χ3v) is 4.15. The van der Waals surface area contributed by atoms with Crippen molar-refractivity contribution in [1.29, 1.82) is 0 Å². The van der Waals surface area contributed by atoms with Gasteiger partial charge in [-0.3, -0.25) is 0 Å². The molecule has 0 fully saturated rings. The quantitative estimate of drug-likeness (QED) is 0.572. The van der Waals surface area contributed by atoms with E-state index in [2.05, 4.69) is 0 Å². The Labute approximate surface area is 157 Å². The van der Waals surface area contributed by atoms with Crippen LogP contribution in [0.1, 0.15) is 11.1 Å². The summed E-state index contributed by atoms with van der Waals surface area (Å²) in [6.45, 7) is 0. The van der Waals surface area contributed by atoms with Gasteiger partial charge in [0.15, 0.2) is 0 Å². The molecule has 0 unspecified atom stereocenters. The van der Waals surface area contributed by atoms with Gasteiger partial charge in [0, 0.05) is 17.7 Å². The molecule has 1 aliphatic rings. The summed E-state index contributed by atoms with van der Waals surface area (Å²) in [5.74, 6) is 2.44. The Kier molecular flexibility index (Phi) is 5.35. The highest BCUT2D eigenvalue weighted by Crippen LogP contribution is 2.36. The van der Waals surface area contributed by atoms with E-state index in [9.17, 15) is 4.79 Å². The summed E-state index contributed by atoms with van der Waals surface area (Å²) >= 11 is 0. The van der Waals surface area contributed by atoms with Crippen molar-refractivity contribution in [2.45, 2.75) is 0 Å². The molecule has 6 nitrogen and oxygen atoms in total. The smallest absolute Gasteiger partial charge is 0.343 e. The first-order chi connectivity index (χ1) is 13.1. The van der Waals surface area contributed by atoms with Gasteiger partial charge in [-0.2, -0.15) is 0 Å². The lowest BCUT2D eigenvalue weighted by atomic mass is 10.1. The van der Waals surface area contributed by atoms with Crippen molar-refractivity contribution in [3.8, 4) is 23.0 Å². The van der Waals surface area contributed by atoms with Crippen LogP contribution in [0.25, 0.3) is 11.8 Å². The molecule has 0 spiro atoms. The number of hydrogen-bond donors (Lipinski definition) is 0. The molecular formula is C21H20O6. The number of carbonyl (C=O) groups excluding carboxylic acids is 1. The molecule has 0 atom stereocenters. The van der Waals surface area contributed by atoms with Gasteiger partial charge in [-0.25, -0.2) is 4.79 Å². The molecule has 0 N–H and O–H groups in total. The van der Waals surface area contributed by atoms with Gasteiger partial charge in [0.1, 0.15) is 28.8 Å². The standard InChI is InChI=1S/C21H20O6/c1-23-15-6-5-13(18(11-15)25-3)9-14-10-20(27-21(14)22)17-8-7-16(24-2)12-19(17)26-4/h5-12H,1-4H3/b14-9+. The number of ether oxygens (including phenoxy) is 5. The number of carbonyl (C=O) groups is 1. The molecule has 27 heavy (non-hydrogen) atoms. The van der Waals surface area contributed by atoms with Gasteiger partial charge in [-0.15, -0.1) is 0 Å². The van der Waals surface area contributed by atoms with Crippen molar-refractivity contribution in [2.24, 2.45) is 0 Å². The number of hydrogen-bond acceptors (Lipinski definition) is 6. The van der Waals surface area contributed by atoms with Crippen LogP contribution in [0.2, 0.25) is 0 Å². The van der Waals surface area contributed by atoms with E-state index in [4.69, 9.17) is 23.7 Å². The van der Waals surface area contributed by atoms with Crippen LogP contribution in [-0.4, -0.2) is 34.4 Å². The van der Waals surface area contributed by atoms with Crippen LogP contribution in [0, 0.1) is 0 Å². The Balaban J connectivity index is 1.99. The van der Waals surface area contributed by atoms with Gasteiger partial charge >= 0.3 is 5.97 Å². The third kappa shape index (κ3) is 3.74. The van der Waals surface area contributed by atoms with Crippen LogP contribution < -0.4 is 18.9 Å². The second-order valence-corrected chi connectivity index (χ2v) is 5.67. The van der Waals surface area contributed by atoms with Crippen LogP contribution in [0.15, 0.2) is 48.0 Å². The summed E-state index contributed by atoms with van der Waals surface area (Å²) in [5, 5.41) is 0. The lowest BCUT2D eigenvalue weighted by Crippen LogP contribution is -1.99. The molecule has 0 saturated heterocycles. The number of cyclic esters (lactones) is 1. The topological polar surface area (TPSA) is 63.2 Å². The Hall–Kier alpha value is -3.41. The van der Waals surface area contributed by atoms with Crippen molar-refractivity contribution < 1.29 is 28.5 Å². The minimum atomic E-state index is -0.444. The number of methoxy groups -OCH3 is 4. The zero-order valence-electron chi connectivity index (χ0n) is 15.6. The fraction of sp³-hybridized carbons (Fsp3) is 0.190. The highest BCUT2D eigenvalue weighted by Gasteiger charge is 2.25. The van der Waals surface area contributed by atoms with Crippen LogP contribution in [0.3, 0.4) is 0 Å². The summed E-state index contributed by atoms with van der Waals surface area (Å²) in [6.07, 6.45) is 3.39. The van der Waals surface area contributed by atoms with E-state index in [1.807, 2.05) is 6.07 Å². The van der Waals surface area contributed by atoms with Crippen LogP contribution in [0.5, 0.6) is 23.0 Å². The number of esters is 1. The summed E-state index contributed by atoms with van der Waals surface area (Å²) in [7, 11) is 6.27. The highest BCUT2D eigenvalue weighted by molar-refractivity contribution is 6.05. The monoisotopic (exact) mass is 368 g/mol. The van der Waals surface area contributed by atoms with Crippen LogP contribution in [-0.2, 0) is 9.53 Å². The molecule has 0 saturated carbocycles. The zero-order chi connectivity index (χ0) is 19.4. The van der Waals surface area contributed by atoms with Gasteiger partial charge in [-0.05, 0) is 36.4 Å². The Morgan fingerprint density at radius 1 is 0.815 bits per heavy atom. The second kappa shape index (κ2) is 7.86. The average Bonchev–Trinajstić information content (AvgIpc) is 3.07. The minimum absolute atomic E-state index is 0.409. The molecule has 3 rings (SSSR count). The summed E-state index contributed by atoms with van der Waals surface area (Å²) in [6, 6.07) is 10.7. The SMILES string of the molecule is COc1ccc(/C=C2\C=C(c3ccc(OC)cc3OC)OC2=O)c(OC)c1. The van der Waals surface area contributed by atoms with Gasteiger partial charge in [0.25, 0.3) is 0 Å². The Bertz CT molecular complexity index is 926. The largest absolute Gasteiger partial charge is 0.497 e. The predicted octanol–water partition coefficient (Wildman–Crippen LogP) is 3.70. The van der Waals surface area contributed by atoms with Crippen molar-refractivity contribution in [3.05, 3.63) is 59.2 Å². The van der Waals surface area contributed by atoms with Crippen molar-refractivity contribution >= 4 is 17.8 Å². The summed E-state index contributed by atoms with van der Waals surface area (Å²) in [4.78, 5) is 12.3. The molecule has 2 aromatic rings. The van der Waals surface area contributed by atoms with E-state index in [-0.39, 0.29) is 0 Å². The van der Waals surface area contributed by atoms with Gasteiger partial charge in [0.05, 0.1) is 39.6 Å². The molecule has 0 aliphatic carbocycles. The van der Waals surface area contributed by atoms with Crippen molar-refractivity contribution in [2.75, 3.05) is 28.4 Å². The average molecular weight is 368 g/mol. The molecule has 1 heterocycles. The van der Waals surface area contributed by atoms with Gasteiger partial charge in [-0.1, -0.05) is 0 Å². The van der Waals surface area contributed by atoms with Crippen molar-refractivity contribution in [1.82, 2.24) is 0 Å². The van der Waals surface area contributed by atoms with Crippen molar-refractivity contribution in [3.63, 3.8) is 0 Å². The molecular weight excluding hydrogens is 348 g/mol.